The van der Waals surface area contributed by atoms with E-state index in [0.29, 0.717) is 0 Å². The Morgan fingerprint density at radius 3 is 2.32 bits per heavy atom. The molecule has 1 aliphatic heterocycles. The molecule has 3 heteroatoms. The van der Waals surface area contributed by atoms with Crippen molar-refractivity contribution in [2.45, 2.75) is 18.8 Å². The van der Waals surface area contributed by atoms with Crippen LogP contribution in [-0.4, -0.2) is 16.9 Å². The topological polar surface area (TPSA) is 37.6 Å². The lowest BCUT2D eigenvalue weighted by atomic mass is 9.71. The fraction of sp³-hybridized carbons (Fsp3) is 0.188. The van der Waals surface area contributed by atoms with Crippen LogP contribution in [-0.2, 0) is 5.41 Å². The molecule has 0 spiro atoms. The Bertz CT molecular complexity index is 575. The molecular weight excluding hydrogens is 234 g/mol. The van der Waals surface area contributed by atoms with Crippen LogP contribution in [0.4, 0.5) is 0 Å². The minimum Gasteiger partial charge on any atom is -0.265 e. The van der Waals surface area contributed by atoms with Gasteiger partial charge in [-0.1, -0.05) is 37.3 Å². The highest BCUT2D eigenvalue weighted by Gasteiger charge is 2.39. The fourth-order valence-corrected chi connectivity index (χ4v) is 2.65. The standard InChI is InChI=1S/C16H15N3/c1-2-15-16(12-18-19-15,13-6-4-3-5-7-13)14-8-10-17-11-9-14/h3-12H,2H2,1H3. The maximum atomic E-state index is 4.33. The fourth-order valence-electron chi connectivity index (χ4n) is 2.65. The molecule has 1 aromatic carbocycles. The quantitative estimate of drug-likeness (QED) is 0.823. The molecule has 0 N–H and O–H groups in total. The highest BCUT2D eigenvalue weighted by molar-refractivity contribution is 6.14. The Morgan fingerprint density at radius 1 is 0.947 bits per heavy atom. The van der Waals surface area contributed by atoms with Crippen molar-refractivity contribution in [3.63, 3.8) is 0 Å². The zero-order chi connectivity index (χ0) is 13.1. The van der Waals surface area contributed by atoms with Crippen LogP contribution < -0.4 is 0 Å². The van der Waals surface area contributed by atoms with Gasteiger partial charge in [0.25, 0.3) is 0 Å². The second kappa shape index (κ2) is 4.76. The average molecular weight is 249 g/mol. The van der Waals surface area contributed by atoms with Crippen LogP contribution in [0.1, 0.15) is 24.5 Å². The minimum absolute atomic E-state index is 0.334. The SMILES string of the molecule is CCC1=NN=CC1(c1ccccc1)c1ccncc1. The molecule has 0 saturated heterocycles. The van der Waals surface area contributed by atoms with Gasteiger partial charge in [0.2, 0.25) is 0 Å². The van der Waals surface area contributed by atoms with Crippen LogP contribution in [0.2, 0.25) is 0 Å². The van der Waals surface area contributed by atoms with Gasteiger partial charge in [-0.25, -0.2) is 0 Å². The van der Waals surface area contributed by atoms with E-state index < -0.39 is 0 Å². The van der Waals surface area contributed by atoms with Gasteiger partial charge >= 0.3 is 0 Å². The van der Waals surface area contributed by atoms with Crippen molar-refractivity contribution in [2.75, 3.05) is 0 Å². The van der Waals surface area contributed by atoms with Crippen LogP contribution in [0.15, 0.2) is 65.1 Å². The van der Waals surface area contributed by atoms with Gasteiger partial charge in [0, 0.05) is 18.6 Å². The molecule has 19 heavy (non-hydrogen) atoms. The number of hydrogen-bond acceptors (Lipinski definition) is 3. The summed E-state index contributed by atoms with van der Waals surface area (Å²) in [4.78, 5) is 4.11. The van der Waals surface area contributed by atoms with E-state index in [1.54, 1.807) is 0 Å². The largest absolute Gasteiger partial charge is 0.265 e. The van der Waals surface area contributed by atoms with Crippen LogP contribution in [0, 0.1) is 0 Å². The van der Waals surface area contributed by atoms with E-state index in [9.17, 15) is 0 Å². The summed E-state index contributed by atoms with van der Waals surface area (Å²) in [5.41, 5.74) is 3.10. The first-order valence-electron chi connectivity index (χ1n) is 6.45. The Kier molecular flexibility index (Phi) is 2.95. The summed E-state index contributed by atoms with van der Waals surface area (Å²) in [5.74, 6) is 0. The first-order valence-corrected chi connectivity index (χ1v) is 6.45. The first-order chi connectivity index (χ1) is 9.38. The van der Waals surface area contributed by atoms with E-state index >= 15 is 0 Å². The van der Waals surface area contributed by atoms with E-state index in [4.69, 9.17) is 0 Å². The highest BCUT2D eigenvalue weighted by atomic mass is 15.2. The number of benzene rings is 1. The molecule has 0 fully saturated rings. The molecule has 1 unspecified atom stereocenters. The summed E-state index contributed by atoms with van der Waals surface area (Å²) in [7, 11) is 0. The minimum atomic E-state index is -0.334. The summed E-state index contributed by atoms with van der Waals surface area (Å²) >= 11 is 0. The van der Waals surface area contributed by atoms with Gasteiger partial charge in [-0.15, -0.1) is 0 Å². The third kappa shape index (κ3) is 1.78. The molecule has 94 valence electrons. The first kappa shape index (κ1) is 11.8. The number of hydrogen-bond donors (Lipinski definition) is 0. The van der Waals surface area contributed by atoms with Crippen molar-refractivity contribution < 1.29 is 0 Å². The molecule has 1 aliphatic rings. The summed E-state index contributed by atoms with van der Waals surface area (Å²) < 4.78 is 0. The molecular formula is C16H15N3. The molecule has 1 aromatic heterocycles. The van der Waals surface area contributed by atoms with Crippen molar-refractivity contribution in [2.24, 2.45) is 10.2 Å². The maximum Gasteiger partial charge on any atom is 0.0974 e. The molecule has 1 atom stereocenters. The van der Waals surface area contributed by atoms with E-state index in [1.807, 2.05) is 36.8 Å². The lowest BCUT2D eigenvalue weighted by molar-refractivity contribution is 0.923. The lowest BCUT2D eigenvalue weighted by Gasteiger charge is -2.28. The van der Waals surface area contributed by atoms with Crippen molar-refractivity contribution in [1.82, 2.24) is 4.98 Å². The van der Waals surface area contributed by atoms with E-state index in [0.717, 1.165) is 17.7 Å². The van der Waals surface area contributed by atoms with Gasteiger partial charge in [0.1, 0.15) is 0 Å². The molecule has 0 saturated carbocycles. The van der Waals surface area contributed by atoms with Crippen molar-refractivity contribution >= 4 is 11.9 Å². The van der Waals surface area contributed by atoms with Crippen LogP contribution >= 0.6 is 0 Å². The summed E-state index contributed by atoms with van der Waals surface area (Å²) in [6.07, 6.45) is 6.45. The van der Waals surface area contributed by atoms with Gasteiger partial charge in [-0.2, -0.15) is 10.2 Å². The molecule has 0 amide bonds. The highest BCUT2D eigenvalue weighted by Crippen LogP contribution is 2.35. The molecule has 2 aromatic rings. The van der Waals surface area contributed by atoms with Gasteiger partial charge in [0.05, 0.1) is 11.1 Å². The summed E-state index contributed by atoms with van der Waals surface area (Å²) in [5, 5.41) is 8.51. The lowest BCUT2D eigenvalue weighted by Crippen LogP contribution is -2.36. The van der Waals surface area contributed by atoms with Gasteiger partial charge in [-0.3, -0.25) is 4.98 Å². The van der Waals surface area contributed by atoms with E-state index in [-0.39, 0.29) is 5.41 Å². The number of pyridine rings is 1. The third-order valence-corrected chi connectivity index (χ3v) is 3.58. The molecule has 0 aliphatic carbocycles. The average Bonchev–Trinajstić information content (AvgIpc) is 2.94. The molecule has 3 nitrogen and oxygen atoms in total. The Hall–Kier alpha value is -2.29. The normalized spacial score (nSPS) is 21.4. The van der Waals surface area contributed by atoms with Gasteiger partial charge < -0.3 is 0 Å². The molecule has 0 radical (unpaired) electrons. The van der Waals surface area contributed by atoms with Crippen LogP contribution in [0.3, 0.4) is 0 Å². The zero-order valence-electron chi connectivity index (χ0n) is 10.8. The summed E-state index contributed by atoms with van der Waals surface area (Å²) in [6, 6.07) is 14.5. The van der Waals surface area contributed by atoms with Crippen LogP contribution in [0.25, 0.3) is 0 Å². The smallest absolute Gasteiger partial charge is 0.0974 e. The Morgan fingerprint density at radius 2 is 1.63 bits per heavy atom. The summed E-state index contributed by atoms with van der Waals surface area (Å²) in [6.45, 7) is 2.12. The number of rotatable bonds is 3. The third-order valence-electron chi connectivity index (χ3n) is 3.58. The van der Waals surface area contributed by atoms with Crippen molar-refractivity contribution in [1.29, 1.82) is 0 Å². The maximum absolute atomic E-state index is 4.33. The van der Waals surface area contributed by atoms with E-state index in [1.165, 1.54) is 5.56 Å². The van der Waals surface area contributed by atoms with Crippen molar-refractivity contribution in [3.05, 3.63) is 66.0 Å². The second-order valence-electron chi connectivity index (χ2n) is 4.55. The molecule has 2 heterocycles. The predicted molar refractivity (Wildman–Crippen MR) is 77.7 cm³/mol. The second-order valence-corrected chi connectivity index (χ2v) is 4.55. The number of nitrogens with zero attached hydrogens (tertiary/aromatic N) is 3. The van der Waals surface area contributed by atoms with Gasteiger partial charge in [0.15, 0.2) is 0 Å². The zero-order valence-corrected chi connectivity index (χ0v) is 10.8. The van der Waals surface area contributed by atoms with Gasteiger partial charge in [-0.05, 0) is 29.7 Å². The Balaban J connectivity index is 2.24. The van der Waals surface area contributed by atoms with Crippen LogP contribution in [0.5, 0.6) is 0 Å². The predicted octanol–water partition coefficient (Wildman–Crippen LogP) is 3.22. The molecule has 0 bridgehead atoms. The Labute approximate surface area is 112 Å². The molecule has 3 rings (SSSR count). The monoisotopic (exact) mass is 249 g/mol. The van der Waals surface area contributed by atoms with Crippen molar-refractivity contribution in [3.8, 4) is 0 Å². The number of aromatic nitrogens is 1. The van der Waals surface area contributed by atoms with E-state index in [2.05, 4.69) is 46.4 Å².